The Morgan fingerprint density at radius 1 is 1.21 bits per heavy atom. The molecule has 0 unspecified atom stereocenters. The molecule has 2 aromatic rings. The van der Waals surface area contributed by atoms with E-state index in [0.29, 0.717) is 24.0 Å². The van der Waals surface area contributed by atoms with Crippen LogP contribution in [0.15, 0.2) is 36.7 Å². The van der Waals surface area contributed by atoms with Crippen molar-refractivity contribution in [2.75, 3.05) is 5.32 Å². The van der Waals surface area contributed by atoms with Crippen molar-refractivity contribution in [1.29, 1.82) is 0 Å². The molecule has 29 heavy (non-hydrogen) atoms. The number of ether oxygens (including phenoxy) is 1. The van der Waals surface area contributed by atoms with Gasteiger partial charge in [0.15, 0.2) is 6.10 Å². The molecular formula is C19H21F3N4O3. The Morgan fingerprint density at radius 3 is 2.59 bits per heavy atom. The van der Waals surface area contributed by atoms with E-state index in [-0.39, 0.29) is 24.1 Å². The zero-order valence-corrected chi connectivity index (χ0v) is 15.9. The topological polar surface area (TPSA) is 93.2 Å². The van der Waals surface area contributed by atoms with Crippen molar-refractivity contribution < 1.29 is 27.5 Å². The smallest absolute Gasteiger partial charge is 0.425 e. The highest BCUT2D eigenvalue weighted by atomic mass is 19.4. The van der Waals surface area contributed by atoms with Crippen LogP contribution in [-0.4, -0.2) is 34.1 Å². The lowest BCUT2D eigenvalue weighted by Crippen LogP contribution is -2.31. The molecule has 2 aromatic heterocycles. The molecule has 0 aromatic carbocycles. The third-order valence-corrected chi connectivity index (χ3v) is 3.78. The molecule has 0 radical (unpaired) electrons. The van der Waals surface area contributed by atoms with E-state index in [1.54, 1.807) is 0 Å². The molecule has 0 bridgehead atoms. The number of halogens is 3. The lowest BCUT2D eigenvalue weighted by Gasteiger charge is -2.16. The summed E-state index contributed by atoms with van der Waals surface area (Å²) in [4.78, 5) is 31.7. The number of anilines is 1. The molecule has 0 aliphatic carbocycles. The number of pyridine rings is 2. The van der Waals surface area contributed by atoms with Crippen LogP contribution in [0.5, 0.6) is 5.88 Å². The van der Waals surface area contributed by atoms with Crippen LogP contribution >= 0.6 is 0 Å². The van der Waals surface area contributed by atoms with Crippen molar-refractivity contribution in [3.05, 3.63) is 47.8 Å². The molecule has 2 rings (SSSR count). The fourth-order valence-corrected chi connectivity index (χ4v) is 2.19. The molecule has 0 saturated carbocycles. The van der Waals surface area contributed by atoms with Gasteiger partial charge in [0.25, 0.3) is 5.91 Å². The molecule has 10 heteroatoms. The van der Waals surface area contributed by atoms with Gasteiger partial charge in [-0.3, -0.25) is 9.59 Å². The molecule has 2 N–H and O–H groups in total. The summed E-state index contributed by atoms with van der Waals surface area (Å²) in [6, 6.07) is 5.77. The van der Waals surface area contributed by atoms with Gasteiger partial charge in [-0.2, -0.15) is 13.2 Å². The maximum Gasteiger partial charge on any atom is 0.425 e. The quantitative estimate of drug-likeness (QED) is 0.695. The Bertz CT molecular complexity index is 841. The highest BCUT2D eigenvalue weighted by Gasteiger charge is 2.38. The van der Waals surface area contributed by atoms with Crippen molar-refractivity contribution in [3.63, 3.8) is 0 Å². The van der Waals surface area contributed by atoms with Gasteiger partial charge in [-0.25, -0.2) is 9.97 Å². The van der Waals surface area contributed by atoms with Gasteiger partial charge in [0.1, 0.15) is 5.82 Å². The lowest BCUT2D eigenvalue weighted by atomic mass is 10.2. The Balaban J connectivity index is 1.91. The second kappa shape index (κ2) is 9.85. The first-order valence-corrected chi connectivity index (χ1v) is 8.91. The number of carbonyl (C=O) groups is 2. The number of hydrogen-bond donors (Lipinski definition) is 2. The largest absolute Gasteiger partial charge is 0.465 e. The van der Waals surface area contributed by atoms with E-state index < -0.39 is 18.2 Å². The monoisotopic (exact) mass is 410 g/mol. The summed E-state index contributed by atoms with van der Waals surface area (Å²) in [7, 11) is 0. The number of hydrogen-bond acceptors (Lipinski definition) is 5. The Labute approximate surface area is 165 Å². The van der Waals surface area contributed by atoms with Crippen LogP contribution in [0.25, 0.3) is 0 Å². The van der Waals surface area contributed by atoms with Gasteiger partial charge in [0, 0.05) is 37.0 Å². The summed E-state index contributed by atoms with van der Waals surface area (Å²) in [6.07, 6.45) is -2.67. The summed E-state index contributed by atoms with van der Waals surface area (Å²) in [5.41, 5.74) is 0.884. The van der Waals surface area contributed by atoms with Crippen molar-refractivity contribution >= 4 is 17.6 Å². The Hall–Kier alpha value is -3.17. The normalized spacial score (nSPS) is 12.2. The fraction of sp³-hybridized carbons (Fsp3) is 0.368. The van der Waals surface area contributed by atoms with Gasteiger partial charge >= 0.3 is 6.18 Å². The van der Waals surface area contributed by atoms with E-state index in [1.807, 2.05) is 6.92 Å². The van der Waals surface area contributed by atoms with Crippen LogP contribution in [0.4, 0.5) is 19.0 Å². The summed E-state index contributed by atoms with van der Waals surface area (Å²) < 4.78 is 42.2. The highest BCUT2D eigenvalue weighted by Crippen LogP contribution is 2.23. The third-order valence-electron chi connectivity index (χ3n) is 3.78. The number of amides is 2. The zero-order valence-electron chi connectivity index (χ0n) is 15.9. The van der Waals surface area contributed by atoms with Gasteiger partial charge in [0.05, 0.1) is 0 Å². The molecule has 0 aliphatic rings. The molecule has 156 valence electrons. The van der Waals surface area contributed by atoms with Gasteiger partial charge in [-0.05, 0) is 31.0 Å². The molecule has 2 heterocycles. The minimum Gasteiger partial charge on any atom is -0.465 e. The minimum absolute atomic E-state index is 0.112. The maximum atomic E-state index is 12.5. The van der Waals surface area contributed by atoms with Gasteiger partial charge < -0.3 is 15.4 Å². The SMILES string of the molecule is CCCC(=O)Nc1cc(C(=O)NCc2ccc(O[C@H](C)C(F)(F)F)nc2)ccn1. The number of rotatable bonds is 8. The van der Waals surface area contributed by atoms with E-state index in [4.69, 9.17) is 4.74 Å². The number of carbonyl (C=O) groups excluding carboxylic acids is 2. The van der Waals surface area contributed by atoms with E-state index in [0.717, 1.165) is 6.92 Å². The number of alkyl halides is 3. The first-order valence-electron chi connectivity index (χ1n) is 8.91. The molecule has 0 fully saturated rings. The highest BCUT2D eigenvalue weighted by molar-refractivity contribution is 5.96. The third kappa shape index (κ3) is 7.05. The van der Waals surface area contributed by atoms with Crippen molar-refractivity contribution in [1.82, 2.24) is 15.3 Å². The van der Waals surface area contributed by atoms with Crippen LogP contribution in [-0.2, 0) is 11.3 Å². The van der Waals surface area contributed by atoms with Crippen LogP contribution in [0.3, 0.4) is 0 Å². The average molecular weight is 410 g/mol. The zero-order chi connectivity index (χ0) is 21.4. The first kappa shape index (κ1) is 22.1. The van der Waals surface area contributed by atoms with Gasteiger partial charge in [-0.15, -0.1) is 0 Å². The molecule has 0 saturated heterocycles. The molecule has 2 amide bonds. The summed E-state index contributed by atoms with van der Waals surface area (Å²) in [6.45, 7) is 2.88. The average Bonchev–Trinajstić information content (AvgIpc) is 2.66. The van der Waals surface area contributed by atoms with Gasteiger partial charge in [-0.1, -0.05) is 13.0 Å². The molecular weight excluding hydrogens is 389 g/mol. The second-order valence-corrected chi connectivity index (χ2v) is 6.22. The number of aromatic nitrogens is 2. The van der Waals surface area contributed by atoms with E-state index in [9.17, 15) is 22.8 Å². The van der Waals surface area contributed by atoms with Gasteiger partial charge in [0.2, 0.25) is 11.8 Å². The van der Waals surface area contributed by atoms with Crippen LogP contribution < -0.4 is 15.4 Å². The van der Waals surface area contributed by atoms with E-state index in [2.05, 4.69) is 20.6 Å². The molecule has 7 nitrogen and oxygen atoms in total. The number of nitrogens with zero attached hydrogens (tertiary/aromatic N) is 2. The van der Waals surface area contributed by atoms with Crippen LogP contribution in [0.2, 0.25) is 0 Å². The minimum atomic E-state index is -4.48. The molecule has 0 aliphatic heterocycles. The second-order valence-electron chi connectivity index (χ2n) is 6.22. The summed E-state index contributed by atoms with van der Waals surface area (Å²) in [5, 5.41) is 5.28. The molecule has 1 atom stereocenters. The predicted molar refractivity (Wildman–Crippen MR) is 99.3 cm³/mol. The predicted octanol–water partition coefficient (Wildman–Crippen LogP) is 3.47. The molecule has 0 spiro atoms. The van der Waals surface area contributed by atoms with E-state index >= 15 is 0 Å². The van der Waals surface area contributed by atoms with E-state index in [1.165, 1.54) is 36.7 Å². The van der Waals surface area contributed by atoms with Crippen LogP contribution in [0.1, 0.15) is 42.6 Å². The van der Waals surface area contributed by atoms with Crippen molar-refractivity contribution in [3.8, 4) is 5.88 Å². The lowest BCUT2D eigenvalue weighted by molar-refractivity contribution is -0.189. The maximum absolute atomic E-state index is 12.5. The fourth-order valence-electron chi connectivity index (χ4n) is 2.19. The summed E-state index contributed by atoms with van der Waals surface area (Å²) >= 11 is 0. The standard InChI is InChI=1S/C19H21F3N4O3/c1-3-4-16(27)26-15-9-14(7-8-23-15)18(28)25-11-13-5-6-17(24-10-13)29-12(2)19(20,21)22/h5-10,12H,3-4,11H2,1-2H3,(H,25,28)(H,23,26,27)/t12-/m1/s1. The van der Waals surface area contributed by atoms with Crippen molar-refractivity contribution in [2.24, 2.45) is 0 Å². The van der Waals surface area contributed by atoms with Crippen LogP contribution in [0, 0.1) is 0 Å². The Kier molecular flexibility index (Phi) is 7.52. The van der Waals surface area contributed by atoms with Crippen molar-refractivity contribution in [2.45, 2.75) is 45.5 Å². The summed E-state index contributed by atoms with van der Waals surface area (Å²) in [5.74, 6) is -0.472. The Morgan fingerprint density at radius 2 is 1.97 bits per heavy atom. The number of nitrogens with one attached hydrogen (secondary N) is 2. The first-order chi connectivity index (χ1) is 13.7.